The van der Waals surface area contributed by atoms with Gasteiger partial charge in [0.25, 0.3) is 0 Å². The molecule has 1 amide bonds. The smallest absolute Gasteiger partial charge is 0.226 e. The van der Waals surface area contributed by atoms with E-state index in [1.807, 2.05) is 29.6 Å². The summed E-state index contributed by atoms with van der Waals surface area (Å²) >= 11 is 7.42. The molecule has 1 heterocycles. The monoisotopic (exact) mass is 337 g/mol. The Morgan fingerprint density at radius 3 is 2.73 bits per heavy atom. The van der Waals surface area contributed by atoms with Gasteiger partial charge in [0.15, 0.2) is 0 Å². The first-order valence-electron chi connectivity index (χ1n) is 7.37. The van der Waals surface area contributed by atoms with Gasteiger partial charge in [-0.05, 0) is 25.1 Å². The highest BCUT2D eigenvalue weighted by molar-refractivity contribution is 7.13. The molecule has 0 unspecified atom stereocenters. The molecule has 0 spiro atoms. The zero-order valence-electron chi connectivity index (χ0n) is 12.6. The van der Waals surface area contributed by atoms with Crippen LogP contribution < -0.4 is 10.6 Å². The molecule has 4 nitrogen and oxygen atoms in total. The molecule has 0 aliphatic heterocycles. The average molecular weight is 338 g/mol. The fraction of sp³-hybridized carbons (Fsp3) is 0.375. The zero-order chi connectivity index (χ0) is 15.8. The molecule has 0 atom stereocenters. The van der Waals surface area contributed by atoms with Gasteiger partial charge in [-0.15, -0.1) is 11.3 Å². The molecule has 0 saturated heterocycles. The van der Waals surface area contributed by atoms with Crippen LogP contribution in [0.25, 0.3) is 10.6 Å². The first-order chi connectivity index (χ1) is 10.7. The lowest BCUT2D eigenvalue weighted by atomic mass is 10.2. The fourth-order valence-corrected chi connectivity index (χ4v) is 2.88. The van der Waals surface area contributed by atoms with Crippen molar-refractivity contribution < 1.29 is 4.79 Å². The Bertz CT molecular complexity index is 598. The molecule has 118 valence electrons. The van der Waals surface area contributed by atoms with Gasteiger partial charge >= 0.3 is 0 Å². The van der Waals surface area contributed by atoms with E-state index >= 15 is 0 Å². The fourth-order valence-electron chi connectivity index (χ4n) is 1.93. The predicted octanol–water partition coefficient (Wildman–Crippen LogP) is 3.12. The molecule has 2 aromatic rings. The Morgan fingerprint density at radius 1 is 1.23 bits per heavy atom. The van der Waals surface area contributed by atoms with Crippen molar-refractivity contribution in [3.63, 3.8) is 0 Å². The van der Waals surface area contributed by atoms with Crippen molar-refractivity contribution in [2.75, 3.05) is 19.6 Å². The first-order valence-corrected chi connectivity index (χ1v) is 8.62. The largest absolute Gasteiger partial charge is 0.354 e. The summed E-state index contributed by atoms with van der Waals surface area (Å²) in [5, 5.41) is 9.68. The van der Waals surface area contributed by atoms with Crippen LogP contribution in [0.15, 0.2) is 29.6 Å². The van der Waals surface area contributed by atoms with E-state index in [4.69, 9.17) is 11.6 Å². The Hall–Kier alpha value is -1.43. The Morgan fingerprint density at radius 2 is 2.00 bits per heavy atom. The number of carbonyl (C=O) groups is 1. The van der Waals surface area contributed by atoms with Crippen molar-refractivity contribution in [1.82, 2.24) is 15.6 Å². The molecular formula is C16H20ClN3OS. The molecule has 0 aliphatic rings. The van der Waals surface area contributed by atoms with E-state index in [2.05, 4.69) is 22.5 Å². The number of nitrogens with one attached hydrogen (secondary N) is 2. The minimum absolute atomic E-state index is 0.00579. The van der Waals surface area contributed by atoms with Crippen LogP contribution in [0.4, 0.5) is 0 Å². The molecule has 1 aromatic carbocycles. The summed E-state index contributed by atoms with van der Waals surface area (Å²) in [6, 6.07) is 7.55. The number of amides is 1. The second kappa shape index (κ2) is 8.88. The van der Waals surface area contributed by atoms with E-state index in [0.29, 0.717) is 18.0 Å². The van der Waals surface area contributed by atoms with Crippen LogP contribution in [-0.4, -0.2) is 30.5 Å². The maximum absolute atomic E-state index is 11.8. The molecule has 22 heavy (non-hydrogen) atoms. The maximum Gasteiger partial charge on any atom is 0.226 e. The van der Waals surface area contributed by atoms with Crippen molar-refractivity contribution in [2.24, 2.45) is 0 Å². The van der Waals surface area contributed by atoms with Crippen molar-refractivity contribution in [2.45, 2.75) is 19.8 Å². The van der Waals surface area contributed by atoms with E-state index in [0.717, 1.165) is 35.8 Å². The molecule has 0 aliphatic carbocycles. The number of halogens is 1. The van der Waals surface area contributed by atoms with Crippen LogP contribution in [0.5, 0.6) is 0 Å². The third-order valence-electron chi connectivity index (χ3n) is 3.04. The summed E-state index contributed by atoms with van der Waals surface area (Å²) in [6.07, 6.45) is 1.41. The summed E-state index contributed by atoms with van der Waals surface area (Å²) in [6.45, 7) is 4.54. The lowest BCUT2D eigenvalue weighted by Crippen LogP contribution is -2.33. The average Bonchev–Trinajstić information content (AvgIpc) is 2.96. The van der Waals surface area contributed by atoms with Gasteiger partial charge in [-0.2, -0.15) is 0 Å². The van der Waals surface area contributed by atoms with Crippen molar-refractivity contribution in [1.29, 1.82) is 0 Å². The quantitative estimate of drug-likeness (QED) is 0.728. The SMILES string of the molecule is CCCNCCNC(=O)Cc1csc(-c2ccc(Cl)cc2)n1. The third kappa shape index (κ3) is 5.40. The lowest BCUT2D eigenvalue weighted by Gasteiger charge is -2.05. The van der Waals surface area contributed by atoms with E-state index in [9.17, 15) is 4.79 Å². The molecule has 0 bridgehead atoms. The van der Waals surface area contributed by atoms with Crippen molar-refractivity contribution in [3.05, 3.63) is 40.4 Å². The van der Waals surface area contributed by atoms with Gasteiger partial charge in [0, 0.05) is 29.1 Å². The predicted molar refractivity (Wildman–Crippen MR) is 92.4 cm³/mol. The molecule has 0 fully saturated rings. The normalized spacial score (nSPS) is 10.6. The summed E-state index contributed by atoms with van der Waals surface area (Å²) in [4.78, 5) is 16.4. The highest BCUT2D eigenvalue weighted by atomic mass is 35.5. The van der Waals surface area contributed by atoms with Crippen molar-refractivity contribution >= 4 is 28.8 Å². The van der Waals surface area contributed by atoms with Crippen LogP contribution in [0, 0.1) is 0 Å². The zero-order valence-corrected chi connectivity index (χ0v) is 14.1. The van der Waals surface area contributed by atoms with Gasteiger partial charge in [0.05, 0.1) is 12.1 Å². The number of thiazole rings is 1. The summed E-state index contributed by atoms with van der Waals surface area (Å²) in [7, 11) is 0. The number of rotatable bonds is 8. The van der Waals surface area contributed by atoms with E-state index < -0.39 is 0 Å². The maximum atomic E-state index is 11.8. The highest BCUT2D eigenvalue weighted by Crippen LogP contribution is 2.25. The van der Waals surface area contributed by atoms with E-state index in [1.165, 1.54) is 11.3 Å². The second-order valence-electron chi connectivity index (χ2n) is 4.93. The van der Waals surface area contributed by atoms with Crippen LogP contribution in [0.1, 0.15) is 19.0 Å². The molecule has 0 saturated carbocycles. The van der Waals surface area contributed by atoms with Gasteiger partial charge < -0.3 is 10.6 Å². The Labute approximate surface area is 139 Å². The summed E-state index contributed by atoms with van der Waals surface area (Å²) < 4.78 is 0. The number of carbonyl (C=O) groups excluding carboxylic acids is 1. The number of aromatic nitrogens is 1. The standard InChI is InChI=1S/C16H20ClN3OS/c1-2-7-18-8-9-19-15(21)10-14-11-22-16(20-14)12-3-5-13(17)6-4-12/h3-6,11,18H,2,7-10H2,1H3,(H,19,21). The van der Waals surface area contributed by atoms with Gasteiger partial charge in [-0.1, -0.05) is 30.7 Å². The van der Waals surface area contributed by atoms with E-state index in [1.54, 1.807) is 0 Å². The molecular weight excluding hydrogens is 318 g/mol. The number of hydrogen-bond donors (Lipinski definition) is 2. The van der Waals surface area contributed by atoms with Crippen LogP contribution >= 0.6 is 22.9 Å². The third-order valence-corrected chi connectivity index (χ3v) is 4.23. The van der Waals surface area contributed by atoms with Gasteiger partial charge in [-0.3, -0.25) is 4.79 Å². The van der Waals surface area contributed by atoms with Gasteiger partial charge in [0.1, 0.15) is 5.01 Å². The van der Waals surface area contributed by atoms with E-state index in [-0.39, 0.29) is 5.91 Å². The van der Waals surface area contributed by atoms with Crippen LogP contribution in [-0.2, 0) is 11.2 Å². The van der Waals surface area contributed by atoms with Gasteiger partial charge in [-0.25, -0.2) is 4.98 Å². The minimum Gasteiger partial charge on any atom is -0.354 e. The molecule has 6 heteroatoms. The molecule has 1 aromatic heterocycles. The number of hydrogen-bond acceptors (Lipinski definition) is 4. The lowest BCUT2D eigenvalue weighted by molar-refractivity contribution is -0.120. The molecule has 2 N–H and O–H groups in total. The highest BCUT2D eigenvalue weighted by Gasteiger charge is 2.08. The second-order valence-corrected chi connectivity index (χ2v) is 6.22. The summed E-state index contributed by atoms with van der Waals surface area (Å²) in [5.41, 5.74) is 1.82. The molecule has 2 rings (SSSR count). The first kappa shape index (κ1) is 16.9. The topological polar surface area (TPSA) is 54.0 Å². The molecule has 0 radical (unpaired) electrons. The Balaban J connectivity index is 1.81. The number of benzene rings is 1. The Kier molecular flexibility index (Phi) is 6.83. The summed E-state index contributed by atoms with van der Waals surface area (Å²) in [5.74, 6) is 0.00579. The van der Waals surface area contributed by atoms with Crippen molar-refractivity contribution in [3.8, 4) is 10.6 Å². The van der Waals surface area contributed by atoms with Crippen LogP contribution in [0.3, 0.4) is 0 Å². The minimum atomic E-state index is 0.00579. The van der Waals surface area contributed by atoms with Crippen LogP contribution in [0.2, 0.25) is 5.02 Å². The number of nitrogens with zero attached hydrogens (tertiary/aromatic N) is 1. The van der Waals surface area contributed by atoms with Gasteiger partial charge in [0.2, 0.25) is 5.91 Å².